The van der Waals surface area contributed by atoms with E-state index in [9.17, 15) is 8.42 Å². The summed E-state index contributed by atoms with van der Waals surface area (Å²) >= 11 is 5.69. The fraction of sp³-hybridized carbons (Fsp3) is 0.667. The number of hydrogen-bond acceptors (Lipinski definition) is 4. The van der Waals surface area contributed by atoms with Gasteiger partial charge < -0.3 is 4.74 Å². The molecule has 1 fully saturated rings. The Bertz CT molecular complexity index is 487. The van der Waals surface area contributed by atoms with Crippen molar-refractivity contribution in [2.75, 3.05) is 25.6 Å². The Kier molecular flexibility index (Phi) is 3.72. The van der Waals surface area contributed by atoms with Gasteiger partial charge in [0, 0.05) is 26.0 Å². The van der Waals surface area contributed by atoms with Crippen LogP contribution in [0.5, 0.6) is 0 Å². The fourth-order valence-corrected chi connectivity index (χ4v) is 3.49. The van der Waals surface area contributed by atoms with E-state index in [-0.39, 0.29) is 23.6 Å². The van der Waals surface area contributed by atoms with Crippen LogP contribution >= 0.6 is 11.6 Å². The number of sulfonamides is 1. The van der Waals surface area contributed by atoms with Gasteiger partial charge in [-0.1, -0.05) is 0 Å². The molecule has 17 heavy (non-hydrogen) atoms. The minimum atomic E-state index is -3.50. The van der Waals surface area contributed by atoms with Crippen molar-refractivity contribution in [1.82, 2.24) is 14.1 Å². The van der Waals surface area contributed by atoms with Gasteiger partial charge in [-0.2, -0.15) is 9.40 Å². The van der Waals surface area contributed by atoms with Gasteiger partial charge in [0.1, 0.15) is 0 Å². The van der Waals surface area contributed by atoms with E-state index in [4.69, 9.17) is 16.3 Å². The first-order valence-corrected chi connectivity index (χ1v) is 7.19. The number of alkyl halides is 1. The van der Waals surface area contributed by atoms with Crippen LogP contribution < -0.4 is 0 Å². The predicted molar refractivity (Wildman–Crippen MR) is 62.4 cm³/mol. The van der Waals surface area contributed by atoms with Crippen LogP contribution in [0.4, 0.5) is 0 Å². The molecule has 0 amide bonds. The monoisotopic (exact) mass is 279 g/mol. The van der Waals surface area contributed by atoms with Crippen molar-refractivity contribution in [1.29, 1.82) is 0 Å². The zero-order chi connectivity index (χ0) is 12.5. The van der Waals surface area contributed by atoms with Gasteiger partial charge >= 0.3 is 0 Å². The summed E-state index contributed by atoms with van der Waals surface area (Å²) in [4.78, 5) is 0. The van der Waals surface area contributed by atoms with Crippen LogP contribution in [0.3, 0.4) is 0 Å². The number of nitrogens with zero attached hydrogens (tertiary/aromatic N) is 3. The topological polar surface area (TPSA) is 64.4 Å². The normalized spacial score (nSPS) is 22.8. The van der Waals surface area contributed by atoms with Gasteiger partial charge in [0.05, 0.1) is 18.9 Å². The molecule has 8 heteroatoms. The van der Waals surface area contributed by atoms with Gasteiger partial charge in [0.2, 0.25) is 0 Å². The first-order chi connectivity index (χ1) is 8.05. The number of aryl methyl sites for hydroxylation is 1. The third-order valence-corrected chi connectivity index (χ3v) is 4.94. The van der Waals surface area contributed by atoms with Gasteiger partial charge in [-0.15, -0.1) is 11.6 Å². The highest BCUT2D eigenvalue weighted by Gasteiger charge is 2.32. The molecule has 0 N–H and O–H groups in total. The summed E-state index contributed by atoms with van der Waals surface area (Å²) in [6.45, 7) is 1.01. The number of hydrogen-bond donors (Lipinski definition) is 0. The van der Waals surface area contributed by atoms with E-state index >= 15 is 0 Å². The van der Waals surface area contributed by atoms with Crippen LogP contribution in [-0.4, -0.2) is 54.2 Å². The highest BCUT2D eigenvalue weighted by atomic mass is 35.5. The molecule has 6 nitrogen and oxygen atoms in total. The Hall–Kier alpha value is -0.630. The molecule has 1 aromatic heterocycles. The largest absolute Gasteiger partial charge is 0.374 e. The first-order valence-electron chi connectivity index (χ1n) is 5.21. The van der Waals surface area contributed by atoms with Crippen LogP contribution in [0, 0.1) is 0 Å². The van der Waals surface area contributed by atoms with Crippen molar-refractivity contribution in [3.05, 3.63) is 12.3 Å². The van der Waals surface area contributed by atoms with E-state index in [0.717, 1.165) is 0 Å². The molecule has 1 saturated heterocycles. The molecule has 0 saturated carbocycles. The van der Waals surface area contributed by atoms with E-state index in [1.807, 2.05) is 0 Å². The molecule has 1 unspecified atom stereocenters. The summed E-state index contributed by atoms with van der Waals surface area (Å²) in [6.07, 6.45) is 1.22. The lowest BCUT2D eigenvalue weighted by Gasteiger charge is -2.30. The van der Waals surface area contributed by atoms with Crippen LogP contribution in [-0.2, 0) is 21.8 Å². The lowest BCUT2D eigenvalue weighted by molar-refractivity contribution is 0.0121. The van der Waals surface area contributed by atoms with E-state index in [2.05, 4.69) is 5.10 Å². The Morgan fingerprint density at radius 2 is 2.41 bits per heavy atom. The van der Waals surface area contributed by atoms with Crippen molar-refractivity contribution < 1.29 is 13.2 Å². The van der Waals surface area contributed by atoms with E-state index in [1.54, 1.807) is 7.05 Å². The number of aromatic nitrogens is 2. The van der Waals surface area contributed by atoms with Crippen molar-refractivity contribution >= 4 is 21.6 Å². The van der Waals surface area contributed by atoms with E-state index in [0.29, 0.717) is 13.2 Å². The molecule has 1 aliphatic heterocycles. The molecule has 96 valence electrons. The molecule has 0 bridgehead atoms. The number of rotatable bonds is 3. The second kappa shape index (κ2) is 4.93. The molecule has 1 atom stereocenters. The van der Waals surface area contributed by atoms with Gasteiger partial charge in [0.25, 0.3) is 10.0 Å². The minimum absolute atomic E-state index is 0.188. The maximum Gasteiger partial charge on any atom is 0.260 e. The van der Waals surface area contributed by atoms with Crippen LogP contribution in [0.15, 0.2) is 17.3 Å². The number of halogens is 1. The molecule has 0 spiro atoms. The van der Waals surface area contributed by atoms with Crippen molar-refractivity contribution in [2.45, 2.75) is 11.1 Å². The van der Waals surface area contributed by atoms with Gasteiger partial charge in [-0.3, -0.25) is 4.68 Å². The zero-order valence-corrected chi connectivity index (χ0v) is 11.0. The van der Waals surface area contributed by atoms with Crippen LogP contribution in [0.25, 0.3) is 0 Å². The summed E-state index contributed by atoms with van der Waals surface area (Å²) in [5.41, 5.74) is 0. The SMILES string of the molecule is Cn1nccc1S(=O)(=O)N1CCOC(CCl)C1. The lowest BCUT2D eigenvalue weighted by Crippen LogP contribution is -2.46. The second-order valence-corrected chi connectivity index (χ2v) is 6.00. The number of morpholine rings is 1. The predicted octanol–water partition coefficient (Wildman–Crippen LogP) is 0.0484. The summed E-state index contributed by atoms with van der Waals surface area (Å²) < 4.78 is 32.7. The third kappa shape index (κ3) is 2.47. The molecule has 0 radical (unpaired) electrons. The third-order valence-electron chi connectivity index (χ3n) is 2.65. The van der Waals surface area contributed by atoms with Crippen LogP contribution in [0.1, 0.15) is 0 Å². The van der Waals surface area contributed by atoms with Gasteiger partial charge in [-0.25, -0.2) is 8.42 Å². The highest BCUT2D eigenvalue weighted by Crippen LogP contribution is 2.18. The molecule has 0 aromatic carbocycles. The molecule has 1 aliphatic rings. The van der Waals surface area contributed by atoms with E-state index in [1.165, 1.54) is 21.3 Å². The number of ether oxygens (including phenoxy) is 1. The van der Waals surface area contributed by atoms with Gasteiger partial charge in [0.15, 0.2) is 5.03 Å². The Morgan fingerprint density at radius 1 is 1.65 bits per heavy atom. The molecule has 2 heterocycles. The summed E-state index contributed by atoms with van der Waals surface area (Å²) in [5.74, 6) is 0.289. The fourth-order valence-electron chi connectivity index (χ4n) is 1.75. The van der Waals surface area contributed by atoms with Gasteiger partial charge in [-0.05, 0) is 6.07 Å². The zero-order valence-electron chi connectivity index (χ0n) is 9.41. The van der Waals surface area contributed by atoms with E-state index < -0.39 is 10.0 Å². The summed E-state index contributed by atoms with van der Waals surface area (Å²) in [7, 11) is -1.89. The molecule has 1 aromatic rings. The molecular formula is C9H14ClN3O3S. The average Bonchev–Trinajstić information content (AvgIpc) is 2.76. The highest BCUT2D eigenvalue weighted by molar-refractivity contribution is 7.89. The van der Waals surface area contributed by atoms with Crippen molar-refractivity contribution in [2.24, 2.45) is 7.05 Å². The molecule has 2 rings (SSSR count). The molecule has 0 aliphatic carbocycles. The maximum atomic E-state index is 12.3. The maximum absolute atomic E-state index is 12.3. The summed E-state index contributed by atoms with van der Waals surface area (Å²) in [6, 6.07) is 1.49. The minimum Gasteiger partial charge on any atom is -0.374 e. The smallest absolute Gasteiger partial charge is 0.260 e. The van der Waals surface area contributed by atoms with Crippen molar-refractivity contribution in [3.8, 4) is 0 Å². The van der Waals surface area contributed by atoms with Crippen LogP contribution in [0.2, 0.25) is 0 Å². The Labute approximate surface area is 105 Å². The van der Waals surface area contributed by atoms with Crippen molar-refractivity contribution in [3.63, 3.8) is 0 Å². The quantitative estimate of drug-likeness (QED) is 0.734. The Balaban J connectivity index is 2.24. The summed E-state index contributed by atoms with van der Waals surface area (Å²) in [5, 5.41) is 4.06. The standard InChI is InChI=1S/C9H14ClN3O3S/c1-12-9(2-3-11-12)17(14,15)13-4-5-16-8(6-10)7-13/h2-3,8H,4-7H2,1H3. The Morgan fingerprint density at radius 3 is 3.00 bits per heavy atom. The molecular weight excluding hydrogens is 266 g/mol. The lowest BCUT2D eigenvalue weighted by atomic mass is 10.3. The second-order valence-electron chi connectivity index (χ2n) is 3.80. The first kappa shape index (κ1) is 12.8. The average molecular weight is 280 g/mol.